The molecule has 9 nitrogen and oxygen atoms in total. The molecular weight excluding hydrogens is 478 g/mol. The summed E-state index contributed by atoms with van der Waals surface area (Å²) in [7, 11) is 0. The number of amides is 1. The molecule has 198 valence electrons. The summed E-state index contributed by atoms with van der Waals surface area (Å²) in [4.78, 5) is 65.5. The van der Waals surface area contributed by atoms with Crippen molar-refractivity contribution in [3.05, 3.63) is 34.9 Å². The molecule has 0 aromatic heterocycles. The second kappa shape index (κ2) is 8.16. The van der Waals surface area contributed by atoms with Gasteiger partial charge in [-0.1, -0.05) is 59.8 Å². The largest absolute Gasteiger partial charge is 0.507 e. The van der Waals surface area contributed by atoms with E-state index in [1.807, 2.05) is 41.5 Å². The molecule has 3 aliphatic carbocycles. The number of Topliss-reactive ketones (excluding diaryl/α,β-unsaturated/α-hetero) is 4. The first-order valence-electron chi connectivity index (χ1n) is 12.3. The molecule has 1 amide bonds. The lowest BCUT2D eigenvalue weighted by molar-refractivity contribution is -0.185. The van der Waals surface area contributed by atoms with Crippen molar-refractivity contribution >= 4 is 34.6 Å². The Morgan fingerprint density at radius 2 is 1.65 bits per heavy atom. The highest BCUT2D eigenvalue weighted by molar-refractivity contribution is 6.32. The fourth-order valence-electron chi connectivity index (χ4n) is 6.15. The molecule has 0 saturated heterocycles. The van der Waals surface area contributed by atoms with Crippen LogP contribution in [0.25, 0.3) is 5.57 Å². The van der Waals surface area contributed by atoms with Crippen LogP contribution in [0.1, 0.15) is 69.4 Å². The number of fused-ring (bicyclic) bond motifs is 3. The van der Waals surface area contributed by atoms with Crippen molar-refractivity contribution < 1.29 is 39.3 Å². The van der Waals surface area contributed by atoms with Crippen molar-refractivity contribution in [2.24, 2.45) is 34.8 Å². The number of nitrogens with two attached hydrogens (primary N) is 1. The molecule has 4 rings (SSSR count). The van der Waals surface area contributed by atoms with Crippen LogP contribution in [0, 0.1) is 29.1 Å². The van der Waals surface area contributed by atoms with Crippen LogP contribution in [0.5, 0.6) is 5.75 Å². The Morgan fingerprint density at radius 3 is 2.16 bits per heavy atom. The van der Waals surface area contributed by atoms with Gasteiger partial charge in [-0.2, -0.15) is 0 Å². The molecule has 37 heavy (non-hydrogen) atoms. The lowest BCUT2D eigenvalue weighted by Gasteiger charge is -2.52. The first-order valence-corrected chi connectivity index (χ1v) is 12.3. The van der Waals surface area contributed by atoms with Crippen molar-refractivity contribution in [1.82, 2.24) is 0 Å². The summed E-state index contributed by atoms with van der Waals surface area (Å²) in [6.07, 6.45) is -0.500. The Bertz CT molecular complexity index is 1290. The molecule has 0 heterocycles. The van der Waals surface area contributed by atoms with E-state index in [1.54, 1.807) is 18.2 Å². The minimum Gasteiger partial charge on any atom is -0.507 e. The van der Waals surface area contributed by atoms with Gasteiger partial charge in [-0.3, -0.25) is 24.0 Å². The number of phenols is 1. The number of rotatable bonds is 1. The number of carbonyl (C=O) groups excluding carboxylic acids is 5. The zero-order valence-corrected chi connectivity index (χ0v) is 21.8. The third-order valence-corrected chi connectivity index (χ3v) is 7.77. The zero-order valence-electron chi connectivity index (χ0n) is 21.8. The number of aliphatic hydroxyl groups excluding tert-OH is 1. The summed E-state index contributed by atoms with van der Waals surface area (Å²) in [5, 5.41) is 34.2. The van der Waals surface area contributed by atoms with Crippen molar-refractivity contribution in [1.29, 1.82) is 0 Å². The predicted molar refractivity (Wildman–Crippen MR) is 132 cm³/mol. The van der Waals surface area contributed by atoms with E-state index in [9.17, 15) is 39.3 Å². The number of aromatic hydroxyl groups is 1. The Labute approximate surface area is 214 Å². The van der Waals surface area contributed by atoms with E-state index < -0.39 is 81.7 Å². The van der Waals surface area contributed by atoms with Crippen LogP contribution in [0.15, 0.2) is 18.2 Å². The number of hydrogen-bond donors (Lipinski definition) is 4. The third kappa shape index (κ3) is 3.78. The molecule has 1 aromatic rings. The molecule has 3 aliphatic rings. The normalized spacial score (nSPS) is 33.2. The highest BCUT2D eigenvalue weighted by Crippen LogP contribution is 2.55. The first-order chi connectivity index (χ1) is 16.8. The second-order valence-corrected chi connectivity index (χ2v) is 12.6. The van der Waals surface area contributed by atoms with Gasteiger partial charge < -0.3 is 21.1 Å². The van der Waals surface area contributed by atoms with Gasteiger partial charge in [-0.15, -0.1) is 0 Å². The Kier molecular flexibility index (Phi) is 5.93. The van der Waals surface area contributed by atoms with Crippen LogP contribution in [-0.2, 0) is 24.6 Å². The van der Waals surface area contributed by atoms with Crippen LogP contribution < -0.4 is 5.73 Å². The van der Waals surface area contributed by atoms with Crippen LogP contribution in [0.4, 0.5) is 0 Å². The molecule has 1 aromatic carbocycles. The first kappa shape index (κ1) is 26.9. The fourth-order valence-corrected chi connectivity index (χ4v) is 6.15. The Morgan fingerprint density at radius 1 is 1.05 bits per heavy atom. The Balaban J connectivity index is 2.02. The molecule has 2 fully saturated rings. The van der Waals surface area contributed by atoms with Gasteiger partial charge in [0, 0.05) is 23.8 Å². The minimum atomic E-state index is -2.95. The zero-order chi connectivity index (χ0) is 28.0. The van der Waals surface area contributed by atoms with E-state index >= 15 is 0 Å². The van der Waals surface area contributed by atoms with Gasteiger partial charge in [0.1, 0.15) is 5.75 Å². The highest BCUT2D eigenvalue weighted by Gasteiger charge is 2.69. The molecule has 2 unspecified atom stereocenters. The van der Waals surface area contributed by atoms with Crippen LogP contribution in [-0.4, -0.2) is 56.1 Å². The molecule has 6 atom stereocenters. The lowest BCUT2D eigenvalue weighted by Crippen LogP contribution is -2.72. The molecule has 9 heteroatoms. The number of aliphatic hydroxyl groups is 2. The number of carbonyl (C=O) groups is 5. The van der Waals surface area contributed by atoms with Crippen LogP contribution >= 0.6 is 0 Å². The van der Waals surface area contributed by atoms with Gasteiger partial charge in [0.25, 0.3) is 0 Å². The SMILES string of the molecule is CC(C)(C)C=C1c2ccc(C(C)(C)C)c(O)c2C(=O)C2C(=O)[C@]3(O)C(=O)C(C(N)=O)C(=O)C[C@@H]3[C@@H](O)[C@H]12. The molecule has 0 aliphatic heterocycles. The minimum absolute atomic E-state index is 0.127. The van der Waals surface area contributed by atoms with Gasteiger partial charge in [-0.25, -0.2) is 0 Å². The smallest absolute Gasteiger partial charge is 0.235 e. The summed E-state index contributed by atoms with van der Waals surface area (Å²) in [5.41, 5.74) is 2.29. The molecule has 0 bridgehead atoms. The van der Waals surface area contributed by atoms with Gasteiger partial charge in [0.15, 0.2) is 34.7 Å². The molecule has 0 radical (unpaired) electrons. The quantitative estimate of drug-likeness (QED) is 0.411. The number of ketones is 4. The van der Waals surface area contributed by atoms with E-state index in [1.165, 1.54) is 0 Å². The molecule has 2 saturated carbocycles. The Hall–Kier alpha value is -3.17. The summed E-state index contributed by atoms with van der Waals surface area (Å²) in [6, 6.07) is 3.36. The van der Waals surface area contributed by atoms with Gasteiger partial charge >= 0.3 is 0 Å². The average molecular weight is 512 g/mol. The standard InChI is InChI=1S/C28H33NO8/c1-26(2,3)10-12-11-7-8-13(27(4,5)6)20(31)17(11)22(33)19-16(12)21(32)14-9-15(30)18(25(29)36)23(34)28(14,37)24(19)35/h7-8,10,14,16,18-19,21,31-32,37H,9H2,1-6H3,(H2,29,36)/t14-,16-,18?,19?,21-,28-/m1/s1. The third-order valence-electron chi connectivity index (χ3n) is 7.77. The number of allylic oxidation sites excluding steroid dienone is 1. The maximum Gasteiger partial charge on any atom is 0.235 e. The molecule has 5 N–H and O–H groups in total. The van der Waals surface area contributed by atoms with E-state index in [0.29, 0.717) is 16.7 Å². The maximum absolute atomic E-state index is 13.9. The number of benzene rings is 1. The van der Waals surface area contributed by atoms with Crippen molar-refractivity contribution in [3.63, 3.8) is 0 Å². The monoisotopic (exact) mass is 511 g/mol. The maximum atomic E-state index is 13.9. The van der Waals surface area contributed by atoms with Gasteiger partial charge in [0.05, 0.1) is 17.6 Å². The lowest BCUT2D eigenvalue weighted by atomic mass is 9.51. The van der Waals surface area contributed by atoms with Crippen molar-refractivity contribution in [2.45, 2.75) is 65.1 Å². The van der Waals surface area contributed by atoms with Crippen molar-refractivity contribution in [3.8, 4) is 5.75 Å². The summed E-state index contributed by atoms with van der Waals surface area (Å²) >= 11 is 0. The summed E-state index contributed by atoms with van der Waals surface area (Å²) in [5.74, 6) is -12.5. The van der Waals surface area contributed by atoms with Crippen LogP contribution in [0.2, 0.25) is 0 Å². The van der Waals surface area contributed by atoms with E-state index in [0.717, 1.165) is 0 Å². The van der Waals surface area contributed by atoms with E-state index in [4.69, 9.17) is 5.73 Å². The number of phenolic OH excluding ortho intramolecular Hbond substituents is 1. The second-order valence-electron chi connectivity index (χ2n) is 12.6. The van der Waals surface area contributed by atoms with Gasteiger partial charge in [0.2, 0.25) is 5.91 Å². The predicted octanol–water partition coefficient (Wildman–Crippen LogP) is 1.48. The fraction of sp³-hybridized carbons (Fsp3) is 0.536. The summed E-state index contributed by atoms with van der Waals surface area (Å²) in [6.45, 7) is 11.2. The topological polar surface area (TPSA) is 172 Å². The summed E-state index contributed by atoms with van der Waals surface area (Å²) < 4.78 is 0. The number of primary amides is 1. The van der Waals surface area contributed by atoms with Gasteiger partial charge in [-0.05, 0) is 22.0 Å². The highest BCUT2D eigenvalue weighted by atomic mass is 16.3. The van der Waals surface area contributed by atoms with E-state index in [2.05, 4.69) is 0 Å². The molecular formula is C28H33NO8. The molecule has 0 spiro atoms. The van der Waals surface area contributed by atoms with E-state index in [-0.39, 0.29) is 11.3 Å². The number of hydrogen-bond acceptors (Lipinski definition) is 8. The van der Waals surface area contributed by atoms with Crippen molar-refractivity contribution in [2.75, 3.05) is 0 Å². The average Bonchev–Trinajstić information content (AvgIpc) is 2.74. The van der Waals surface area contributed by atoms with Crippen LogP contribution in [0.3, 0.4) is 0 Å².